The number of benzene rings is 1. The SMILES string of the molecule is Cc1sc(NC(=S)NC(=O)c2ccc(Cl)cc2Cl)c(C#N)c1C. The number of anilines is 1. The molecule has 1 aromatic heterocycles. The number of nitrogens with one attached hydrogen (secondary N) is 2. The molecule has 0 spiro atoms. The Hall–Kier alpha value is -1.65. The van der Waals surface area contributed by atoms with Gasteiger partial charge in [-0.3, -0.25) is 10.1 Å². The molecule has 2 rings (SSSR count). The van der Waals surface area contributed by atoms with Crippen molar-refractivity contribution in [2.75, 3.05) is 5.32 Å². The second-order valence-corrected chi connectivity index (χ2v) is 7.11. The Morgan fingerprint density at radius 2 is 2.04 bits per heavy atom. The summed E-state index contributed by atoms with van der Waals surface area (Å²) in [6, 6.07) is 6.70. The molecule has 2 aromatic rings. The zero-order valence-corrected chi connectivity index (χ0v) is 15.3. The molecule has 0 unspecified atom stereocenters. The van der Waals surface area contributed by atoms with Crippen molar-refractivity contribution in [1.29, 1.82) is 5.26 Å². The molecular formula is C15H11Cl2N3OS2. The van der Waals surface area contributed by atoms with Crippen molar-refractivity contribution in [3.63, 3.8) is 0 Å². The van der Waals surface area contributed by atoms with Gasteiger partial charge in [0.2, 0.25) is 0 Å². The number of nitriles is 1. The van der Waals surface area contributed by atoms with Crippen LogP contribution >= 0.6 is 46.8 Å². The number of aryl methyl sites for hydroxylation is 1. The first-order chi connectivity index (χ1) is 10.8. The third kappa shape index (κ3) is 4.01. The predicted molar refractivity (Wildman–Crippen MR) is 98.7 cm³/mol. The highest BCUT2D eigenvalue weighted by Crippen LogP contribution is 2.31. The van der Waals surface area contributed by atoms with Crippen molar-refractivity contribution < 1.29 is 4.79 Å². The highest BCUT2D eigenvalue weighted by Gasteiger charge is 2.16. The molecule has 4 nitrogen and oxygen atoms in total. The van der Waals surface area contributed by atoms with E-state index in [1.54, 1.807) is 6.07 Å². The average Bonchev–Trinajstić information content (AvgIpc) is 2.72. The molecule has 0 saturated carbocycles. The van der Waals surface area contributed by atoms with Gasteiger partial charge >= 0.3 is 0 Å². The van der Waals surface area contributed by atoms with E-state index in [1.807, 2.05) is 13.8 Å². The number of nitrogens with zero attached hydrogens (tertiary/aromatic N) is 1. The maximum Gasteiger partial charge on any atom is 0.258 e. The fraction of sp³-hybridized carbons (Fsp3) is 0.133. The Bertz CT molecular complexity index is 840. The minimum Gasteiger partial charge on any atom is -0.323 e. The number of thiophene rings is 1. The summed E-state index contributed by atoms with van der Waals surface area (Å²) >= 11 is 18.3. The van der Waals surface area contributed by atoms with Crippen LogP contribution in [0.3, 0.4) is 0 Å². The quantitative estimate of drug-likeness (QED) is 0.739. The molecule has 1 aromatic carbocycles. The topological polar surface area (TPSA) is 64.9 Å². The summed E-state index contributed by atoms with van der Waals surface area (Å²) < 4.78 is 0. The molecule has 0 saturated heterocycles. The Labute approximate surface area is 153 Å². The number of amides is 1. The van der Waals surface area contributed by atoms with E-state index in [9.17, 15) is 10.1 Å². The molecule has 8 heteroatoms. The maximum absolute atomic E-state index is 12.2. The molecule has 0 bridgehead atoms. The van der Waals surface area contributed by atoms with Gasteiger partial charge in [-0.2, -0.15) is 5.26 Å². The third-order valence-corrected chi connectivity index (χ3v) is 5.00. The van der Waals surface area contributed by atoms with Gasteiger partial charge < -0.3 is 5.32 Å². The van der Waals surface area contributed by atoms with Crippen molar-refractivity contribution in [3.8, 4) is 6.07 Å². The molecule has 0 aliphatic carbocycles. The summed E-state index contributed by atoms with van der Waals surface area (Å²) in [7, 11) is 0. The van der Waals surface area contributed by atoms with E-state index in [2.05, 4.69) is 16.7 Å². The van der Waals surface area contributed by atoms with Crippen LogP contribution in [0, 0.1) is 25.2 Å². The van der Waals surface area contributed by atoms with Gasteiger partial charge in [0.05, 0.1) is 16.1 Å². The fourth-order valence-electron chi connectivity index (χ4n) is 1.83. The lowest BCUT2D eigenvalue weighted by Crippen LogP contribution is -2.34. The van der Waals surface area contributed by atoms with Crippen LogP contribution in [0.2, 0.25) is 10.0 Å². The maximum atomic E-state index is 12.2. The lowest BCUT2D eigenvalue weighted by atomic mass is 10.2. The van der Waals surface area contributed by atoms with E-state index < -0.39 is 5.91 Å². The van der Waals surface area contributed by atoms with Crippen LogP contribution in [0.15, 0.2) is 18.2 Å². The van der Waals surface area contributed by atoms with E-state index in [0.717, 1.165) is 10.4 Å². The minimum atomic E-state index is -0.451. The highest BCUT2D eigenvalue weighted by atomic mass is 35.5. The summed E-state index contributed by atoms with van der Waals surface area (Å²) in [4.78, 5) is 13.2. The van der Waals surface area contributed by atoms with E-state index in [4.69, 9.17) is 35.4 Å². The first-order valence-electron chi connectivity index (χ1n) is 6.41. The van der Waals surface area contributed by atoms with Gasteiger partial charge in [-0.1, -0.05) is 23.2 Å². The zero-order chi connectivity index (χ0) is 17.1. The van der Waals surface area contributed by atoms with E-state index in [0.29, 0.717) is 15.6 Å². The lowest BCUT2D eigenvalue weighted by molar-refractivity contribution is 0.0978. The number of hydrogen-bond acceptors (Lipinski definition) is 4. The van der Waals surface area contributed by atoms with Crippen LogP contribution in [0.4, 0.5) is 5.00 Å². The largest absolute Gasteiger partial charge is 0.323 e. The fourth-order valence-corrected chi connectivity index (χ4v) is 3.60. The number of rotatable bonds is 2. The summed E-state index contributed by atoms with van der Waals surface area (Å²) in [6.07, 6.45) is 0. The Kier molecular flexibility index (Phi) is 5.60. The number of carbonyl (C=O) groups excluding carboxylic acids is 1. The van der Waals surface area contributed by atoms with Crippen molar-refractivity contribution in [2.24, 2.45) is 0 Å². The van der Waals surface area contributed by atoms with Crippen LogP contribution in [-0.4, -0.2) is 11.0 Å². The molecule has 1 heterocycles. The number of thiocarbonyl (C=S) groups is 1. The standard InChI is InChI=1S/C15H11Cl2N3OS2/c1-7-8(2)23-14(11(7)6-18)20-15(22)19-13(21)10-4-3-9(16)5-12(10)17/h3-5H,1-2H3,(H2,19,20,21,22). The molecule has 118 valence electrons. The van der Waals surface area contributed by atoms with Crippen LogP contribution in [-0.2, 0) is 0 Å². The monoisotopic (exact) mass is 383 g/mol. The smallest absolute Gasteiger partial charge is 0.258 e. The Morgan fingerprint density at radius 3 is 2.65 bits per heavy atom. The van der Waals surface area contributed by atoms with E-state index in [-0.39, 0.29) is 15.7 Å². The van der Waals surface area contributed by atoms with Gasteiger partial charge in [0.25, 0.3) is 5.91 Å². The van der Waals surface area contributed by atoms with Gasteiger partial charge in [-0.15, -0.1) is 11.3 Å². The van der Waals surface area contributed by atoms with Crippen molar-refractivity contribution in [3.05, 3.63) is 49.8 Å². The van der Waals surface area contributed by atoms with Gasteiger partial charge in [0.1, 0.15) is 11.1 Å². The van der Waals surface area contributed by atoms with Crippen LogP contribution < -0.4 is 10.6 Å². The summed E-state index contributed by atoms with van der Waals surface area (Å²) in [5, 5.41) is 16.0. The van der Waals surface area contributed by atoms with Crippen molar-refractivity contribution in [2.45, 2.75) is 13.8 Å². The lowest BCUT2D eigenvalue weighted by Gasteiger charge is -2.09. The molecule has 0 atom stereocenters. The van der Waals surface area contributed by atoms with Crippen molar-refractivity contribution in [1.82, 2.24) is 5.32 Å². The van der Waals surface area contributed by atoms with Gasteiger partial charge in [-0.25, -0.2) is 0 Å². The first-order valence-corrected chi connectivity index (χ1v) is 8.39. The molecule has 0 aliphatic rings. The summed E-state index contributed by atoms with van der Waals surface area (Å²) in [5.74, 6) is -0.451. The van der Waals surface area contributed by atoms with E-state index in [1.165, 1.54) is 23.5 Å². The molecular weight excluding hydrogens is 373 g/mol. The molecule has 0 fully saturated rings. The molecule has 1 amide bonds. The summed E-state index contributed by atoms with van der Waals surface area (Å²) in [5.41, 5.74) is 1.68. The van der Waals surface area contributed by atoms with Gasteiger partial charge in [-0.05, 0) is 49.8 Å². The van der Waals surface area contributed by atoms with Crippen LogP contribution in [0.25, 0.3) is 0 Å². The number of hydrogen-bond donors (Lipinski definition) is 2. The van der Waals surface area contributed by atoms with Gasteiger partial charge in [0, 0.05) is 9.90 Å². The molecule has 0 radical (unpaired) electrons. The zero-order valence-electron chi connectivity index (χ0n) is 12.2. The second-order valence-electron chi connectivity index (χ2n) is 4.63. The third-order valence-electron chi connectivity index (χ3n) is 3.13. The minimum absolute atomic E-state index is 0.0961. The Balaban J connectivity index is 2.12. The van der Waals surface area contributed by atoms with Crippen LogP contribution in [0.1, 0.15) is 26.4 Å². The average molecular weight is 384 g/mol. The molecule has 2 N–H and O–H groups in total. The highest BCUT2D eigenvalue weighted by molar-refractivity contribution is 7.80. The number of halogens is 2. The van der Waals surface area contributed by atoms with E-state index >= 15 is 0 Å². The molecule has 23 heavy (non-hydrogen) atoms. The Morgan fingerprint density at radius 1 is 1.35 bits per heavy atom. The summed E-state index contributed by atoms with van der Waals surface area (Å²) in [6.45, 7) is 3.78. The normalized spacial score (nSPS) is 10.0. The second kappa shape index (κ2) is 7.28. The first kappa shape index (κ1) is 17.7. The molecule has 0 aliphatic heterocycles. The predicted octanol–water partition coefficient (Wildman–Crippen LogP) is 4.67. The van der Waals surface area contributed by atoms with Gasteiger partial charge in [0.15, 0.2) is 5.11 Å². The van der Waals surface area contributed by atoms with Crippen LogP contribution in [0.5, 0.6) is 0 Å². The number of carbonyl (C=O) groups is 1. The van der Waals surface area contributed by atoms with Crippen molar-refractivity contribution >= 4 is 62.8 Å².